The Kier molecular flexibility index (Phi) is 4.63. The average molecular weight is 377 g/mol. The van der Waals surface area contributed by atoms with E-state index in [4.69, 9.17) is 4.52 Å². The van der Waals surface area contributed by atoms with Crippen molar-refractivity contribution in [1.29, 1.82) is 0 Å². The van der Waals surface area contributed by atoms with Crippen LogP contribution >= 0.6 is 0 Å². The molecule has 138 valence electrons. The van der Waals surface area contributed by atoms with E-state index >= 15 is 0 Å². The summed E-state index contributed by atoms with van der Waals surface area (Å²) >= 11 is 0. The Morgan fingerprint density at radius 2 is 1.54 bits per heavy atom. The van der Waals surface area contributed by atoms with Crippen LogP contribution in [0.4, 0.5) is 14.5 Å². The van der Waals surface area contributed by atoms with E-state index in [2.05, 4.69) is 15.5 Å². The summed E-state index contributed by atoms with van der Waals surface area (Å²) in [7, 11) is 0. The van der Waals surface area contributed by atoms with Crippen molar-refractivity contribution >= 4 is 11.6 Å². The average Bonchev–Trinajstić information content (AvgIpc) is 3.20. The topological polar surface area (TPSA) is 68.0 Å². The second-order valence-electron chi connectivity index (χ2n) is 5.94. The predicted octanol–water partition coefficient (Wildman–Crippen LogP) is 4.93. The van der Waals surface area contributed by atoms with E-state index in [0.717, 1.165) is 0 Å². The summed E-state index contributed by atoms with van der Waals surface area (Å²) < 4.78 is 31.9. The smallest absolute Gasteiger partial charge is 0.258 e. The molecule has 28 heavy (non-hydrogen) atoms. The van der Waals surface area contributed by atoms with Gasteiger partial charge in [0.05, 0.1) is 5.69 Å². The van der Waals surface area contributed by atoms with Crippen LogP contribution in [0, 0.1) is 11.6 Å². The highest BCUT2D eigenvalue weighted by Gasteiger charge is 2.13. The number of benzene rings is 3. The number of carbonyl (C=O) groups is 1. The zero-order valence-corrected chi connectivity index (χ0v) is 14.4. The maximum Gasteiger partial charge on any atom is 0.258 e. The molecule has 0 saturated heterocycles. The van der Waals surface area contributed by atoms with Gasteiger partial charge in [-0.3, -0.25) is 4.79 Å². The van der Waals surface area contributed by atoms with Gasteiger partial charge in [-0.15, -0.1) is 0 Å². The zero-order chi connectivity index (χ0) is 19.5. The van der Waals surface area contributed by atoms with E-state index in [1.165, 1.54) is 24.3 Å². The van der Waals surface area contributed by atoms with Crippen molar-refractivity contribution in [2.24, 2.45) is 0 Å². The summed E-state index contributed by atoms with van der Waals surface area (Å²) in [5, 5.41) is 6.41. The van der Waals surface area contributed by atoms with Gasteiger partial charge >= 0.3 is 0 Å². The van der Waals surface area contributed by atoms with Gasteiger partial charge in [-0.1, -0.05) is 17.3 Å². The Bertz CT molecular complexity index is 1120. The minimum absolute atomic E-state index is 0.109. The van der Waals surface area contributed by atoms with Gasteiger partial charge in [-0.05, 0) is 60.7 Å². The number of amides is 1. The highest BCUT2D eigenvalue weighted by atomic mass is 19.1. The van der Waals surface area contributed by atoms with Crippen LogP contribution in [0.3, 0.4) is 0 Å². The van der Waals surface area contributed by atoms with Crippen molar-refractivity contribution in [2.75, 3.05) is 5.32 Å². The first-order valence-corrected chi connectivity index (χ1v) is 8.36. The third-order valence-electron chi connectivity index (χ3n) is 4.04. The first-order chi connectivity index (χ1) is 13.6. The monoisotopic (exact) mass is 377 g/mol. The van der Waals surface area contributed by atoms with Crippen LogP contribution in [0.25, 0.3) is 22.8 Å². The summed E-state index contributed by atoms with van der Waals surface area (Å²) in [5.41, 5.74) is 1.70. The minimum Gasteiger partial charge on any atom is -0.334 e. The van der Waals surface area contributed by atoms with Crippen molar-refractivity contribution in [1.82, 2.24) is 10.1 Å². The fourth-order valence-electron chi connectivity index (χ4n) is 2.58. The normalized spacial score (nSPS) is 10.6. The van der Waals surface area contributed by atoms with Crippen LogP contribution in [-0.2, 0) is 0 Å². The van der Waals surface area contributed by atoms with Gasteiger partial charge in [0, 0.05) is 16.7 Å². The lowest BCUT2D eigenvalue weighted by molar-refractivity contribution is 0.102. The Hall–Kier alpha value is -3.87. The van der Waals surface area contributed by atoms with Gasteiger partial charge < -0.3 is 9.84 Å². The minimum atomic E-state index is -0.508. The van der Waals surface area contributed by atoms with Gasteiger partial charge in [0.15, 0.2) is 0 Å². The molecule has 0 fully saturated rings. The highest BCUT2D eigenvalue weighted by Crippen LogP contribution is 2.23. The van der Waals surface area contributed by atoms with E-state index in [1.54, 1.807) is 48.5 Å². The molecule has 0 aliphatic carbocycles. The van der Waals surface area contributed by atoms with Gasteiger partial charge in [-0.25, -0.2) is 8.78 Å². The SMILES string of the molecule is O=C(Nc1ccccc1F)c1ccc(-c2nc(-c3ccc(F)cc3)no2)cc1. The first-order valence-electron chi connectivity index (χ1n) is 8.36. The lowest BCUT2D eigenvalue weighted by atomic mass is 10.1. The number of anilines is 1. The quantitative estimate of drug-likeness (QED) is 0.547. The van der Waals surface area contributed by atoms with Crippen LogP contribution in [0.15, 0.2) is 77.3 Å². The number of hydrogen-bond donors (Lipinski definition) is 1. The molecule has 0 aliphatic heterocycles. The molecule has 0 aliphatic rings. The van der Waals surface area contributed by atoms with E-state index in [1.807, 2.05) is 0 Å². The molecule has 3 aromatic carbocycles. The van der Waals surface area contributed by atoms with Gasteiger partial charge in [0.1, 0.15) is 11.6 Å². The number of carbonyl (C=O) groups excluding carboxylic acids is 1. The fraction of sp³-hybridized carbons (Fsp3) is 0. The number of halogens is 2. The molecule has 5 nitrogen and oxygen atoms in total. The molecule has 0 saturated carbocycles. The third kappa shape index (κ3) is 3.64. The van der Waals surface area contributed by atoms with Crippen LogP contribution in [0.1, 0.15) is 10.4 Å². The standard InChI is InChI=1S/C21H13F2N3O2/c22-16-11-9-13(10-12-16)19-25-21(28-26-19)15-7-5-14(6-8-15)20(27)24-18-4-2-1-3-17(18)23/h1-12H,(H,24,27). The Morgan fingerprint density at radius 1 is 0.857 bits per heavy atom. The van der Waals surface area contributed by atoms with Crippen molar-refractivity contribution in [3.05, 3.63) is 90.0 Å². The van der Waals surface area contributed by atoms with Crippen LogP contribution in [0.2, 0.25) is 0 Å². The Balaban J connectivity index is 1.51. The van der Waals surface area contributed by atoms with Crippen molar-refractivity contribution < 1.29 is 18.1 Å². The van der Waals surface area contributed by atoms with Gasteiger partial charge in [-0.2, -0.15) is 4.98 Å². The Morgan fingerprint density at radius 3 is 2.25 bits per heavy atom. The number of para-hydroxylation sites is 1. The molecule has 1 heterocycles. The molecule has 1 N–H and O–H groups in total. The molecule has 1 aromatic heterocycles. The van der Waals surface area contributed by atoms with Gasteiger partial charge in [0.2, 0.25) is 5.82 Å². The lowest BCUT2D eigenvalue weighted by Gasteiger charge is -2.06. The first kappa shape index (κ1) is 17.5. The molecular weight excluding hydrogens is 364 g/mol. The summed E-state index contributed by atoms with van der Waals surface area (Å²) in [5.74, 6) is -0.700. The number of hydrogen-bond acceptors (Lipinski definition) is 4. The second kappa shape index (κ2) is 7.40. The summed E-state index contributed by atoms with van der Waals surface area (Å²) in [6.07, 6.45) is 0. The highest BCUT2D eigenvalue weighted by molar-refractivity contribution is 6.04. The van der Waals surface area contributed by atoms with E-state index in [-0.39, 0.29) is 17.4 Å². The number of rotatable bonds is 4. The van der Waals surface area contributed by atoms with E-state index < -0.39 is 11.7 Å². The second-order valence-corrected chi connectivity index (χ2v) is 5.94. The molecule has 0 bridgehead atoms. The zero-order valence-electron chi connectivity index (χ0n) is 14.4. The molecule has 0 atom stereocenters. The van der Waals surface area contributed by atoms with Crippen molar-refractivity contribution in [3.63, 3.8) is 0 Å². The molecular formula is C21H13F2N3O2. The summed E-state index contributed by atoms with van der Waals surface area (Å²) in [6.45, 7) is 0. The number of nitrogens with one attached hydrogen (secondary N) is 1. The molecule has 7 heteroatoms. The van der Waals surface area contributed by atoms with Crippen molar-refractivity contribution in [3.8, 4) is 22.8 Å². The third-order valence-corrected chi connectivity index (χ3v) is 4.04. The maximum atomic E-state index is 13.7. The Labute approximate surface area is 158 Å². The summed E-state index contributed by atoms with van der Waals surface area (Å²) in [4.78, 5) is 16.6. The van der Waals surface area contributed by atoms with E-state index in [9.17, 15) is 13.6 Å². The molecule has 1 amide bonds. The van der Waals surface area contributed by atoms with Crippen LogP contribution < -0.4 is 5.32 Å². The van der Waals surface area contributed by atoms with Crippen LogP contribution in [-0.4, -0.2) is 16.0 Å². The summed E-state index contributed by atoms with van der Waals surface area (Å²) in [6, 6.07) is 18.1. The number of aromatic nitrogens is 2. The van der Waals surface area contributed by atoms with Crippen LogP contribution in [0.5, 0.6) is 0 Å². The largest absolute Gasteiger partial charge is 0.334 e. The molecule has 4 rings (SSSR count). The maximum absolute atomic E-state index is 13.7. The molecule has 4 aromatic rings. The number of nitrogens with zero attached hydrogens (tertiary/aromatic N) is 2. The van der Waals surface area contributed by atoms with Gasteiger partial charge in [0.25, 0.3) is 11.8 Å². The molecule has 0 unspecified atom stereocenters. The van der Waals surface area contributed by atoms with Crippen molar-refractivity contribution in [2.45, 2.75) is 0 Å². The molecule has 0 spiro atoms. The lowest BCUT2D eigenvalue weighted by Crippen LogP contribution is -2.12. The predicted molar refractivity (Wildman–Crippen MR) is 99.5 cm³/mol. The van der Waals surface area contributed by atoms with E-state index in [0.29, 0.717) is 22.5 Å². The fourth-order valence-corrected chi connectivity index (χ4v) is 2.58. The molecule has 0 radical (unpaired) electrons.